The molecule has 1 heterocycles. The van der Waals surface area contributed by atoms with Crippen LogP contribution in [0, 0.1) is 6.42 Å². The fourth-order valence-corrected chi connectivity index (χ4v) is 0.596. The molecule has 0 atom stereocenters. The van der Waals surface area contributed by atoms with Crippen LogP contribution in [0.15, 0.2) is 0 Å². The standard InChI is InChI=1S/C5H7N2O2/c8-4-2-1-3-6-5(9)7-4/h2H,1,3H2,(H2,6,7,8,9). The van der Waals surface area contributed by atoms with Crippen molar-refractivity contribution in [3.05, 3.63) is 6.42 Å². The highest BCUT2D eigenvalue weighted by Gasteiger charge is 2.10. The van der Waals surface area contributed by atoms with Crippen molar-refractivity contribution >= 4 is 11.9 Å². The van der Waals surface area contributed by atoms with E-state index in [1.165, 1.54) is 6.42 Å². The summed E-state index contributed by atoms with van der Waals surface area (Å²) in [5.41, 5.74) is 0. The third-order valence-corrected chi connectivity index (χ3v) is 0.996. The van der Waals surface area contributed by atoms with E-state index in [1.54, 1.807) is 0 Å². The first-order chi connectivity index (χ1) is 4.29. The van der Waals surface area contributed by atoms with Crippen LogP contribution < -0.4 is 10.6 Å². The molecule has 0 aromatic carbocycles. The predicted molar refractivity (Wildman–Crippen MR) is 30.5 cm³/mol. The van der Waals surface area contributed by atoms with Crippen LogP contribution in [0.4, 0.5) is 4.79 Å². The Balaban J connectivity index is 2.47. The van der Waals surface area contributed by atoms with Crippen LogP contribution in [0.3, 0.4) is 0 Å². The topological polar surface area (TPSA) is 58.2 Å². The monoisotopic (exact) mass is 127 g/mol. The van der Waals surface area contributed by atoms with Gasteiger partial charge in [0, 0.05) is 6.54 Å². The molecule has 0 aliphatic carbocycles. The molecule has 0 bridgehead atoms. The van der Waals surface area contributed by atoms with Gasteiger partial charge in [0.1, 0.15) is 0 Å². The summed E-state index contributed by atoms with van der Waals surface area (Å²) in [6.07, 6.45) is 2.05. The second kappa shape index (κ2) is 2.48. The lowest BCUT2D eigenvalue weighted by atomic mass is 10.3. The summed E-state index contributed by atoms with van der Waals surface area (Å²) in [4.78, 5) is 20.9. The van der Waals surface area contributed by atoms with Crippen molar-refractivity contribution < 1.29 is 9.59 Å². The van der Waals surface area contributed by atoms with Gasteiger partial charge in [0.05, 0.1) is 6.42 Å². The zero-order valence-corrected chi connectivity index (χ0v) is 4.81. The Morgan fingerprint density at radius 1 is 1.44 bits per heavy atom. The maximum absolute atomic E-state index is 10.5. The number of amides is 3. The van der Waals surface area contributed by atoms with Gasteiger partial charge in [-0.2, -0.15) is 0 Å². The minimum Gasteiger partial charge on any atom is -0.338 e. The molecule has 0 aromatic heterocycles. The van der Waals surface area contributed by atoms with Crippen molar-refractivity contribution in [3.63, 3.8) is 0 Å². The Morgan fingerprint density at radius 3 is 3.00 bits per heavy atom. The molecule has 1 fully saturated rings. The Kier molecular flexibility index (Phi) is 1.67. The van der Waals surface area contributed by atoms with Gasteiger partial charge in [-0.05, 0) is 6.42 Å². The molecule has 3 amide bonds. The Hall–Kier alpha value is -1.06. The number of urea groups is 1. The van der Waals surface area contributed by atoms with Gasteiger partial charge >= 0.3 is 6.03 Å². The van der Waals surface area contributed by atoms with E-state index in [4.69, 9.17) is 0 Å². The fraction of sp³-hybridized carbons (Fsp3) is 0.400. The number of carbonyl (C=O) groups excluding carboxylic acids is 2. The molecule has 1 radical (unpaired) electrons. The summed E-state index contributed by atoms with van der Waals surface area (Å²) in [5, 5.41) is 4.57. The normalized spacial score (nSPS) is 20.0. The molecule has 1 saturated heterocycles. The van der Waals surface area contributed by atoms with Gasteiger partial charge in [0.15, 0.2) is 0 Å². The van der Waals surface area contributed by atoms with Crippen LogP contribution in [0.5, 0.6) is 0 Å². The van der Waals surface area contributed by atoms with E-state index in [1.807, 2.05) is 0 Å². The number of hydrogen-bond acceptors (Lipinski definition) is 2. The molecule has 1 aliphatic rings. The molecule has 1 aliphatic heterocycles. The first kappa shape index (κ1) is 6.07. The molecule has 0 unspecified atom stereocenters. The van der Waals surface area contributed by atoms with Gasteiger partial charge in [-0.15, -0.1) is 0 Å². The number of imide groups is 1. The van der Waals surface area contributed by atoms with Crippen molar-refractivity contribution in [1.29, 1.82) is 0 Å². The molecule has 1 rings (SSSR count). The van der Waals surface area contributed by atoms with E-state index in [2.05, 4.69) is 10.6 Å². The van der Waals surface area contributed by atoms with E-state index in [0.717, 1.165) is 0 Å². The molecular formula is C5H7N2O2. The van der Waals surface area contributed by atoms with Gasteiger partial charge in [-0.1, -0.05) is 0 Å². The largest absolute Gasteiger partial charge is 0.338 e. The molecule has 0 saturated carbocycles. The lowest BCUT2D eigenvalue weighted by molar-refractivity contribution is -0.116. The van der Waals surface area contributed by atoms with Crippen LogP contribution in [-0.4, -0.2) is 18.5 Å². The molecule has 0 aromatic rings. The van der Waals surface area contributed by atoms with E-state index in [0.29, 0.717) is 13.0 Å². The van der Waals surface area contributed by atoms with Crippen molar-refractivity contribution in [2.75, 3.05) is 6.54 Å². The summed E-state index contributed by atoms with van der Waals surface area (Å²) in [7, 11) is 0. The zero-order chi connectivity index (χ0) is 6.69. The van der Waals surface area contributed by atoms with Crippen molar-refractivity contribution in [2.24, 2.45) is 0 Å². The fourth-order valence-electron chi connectivity index (χ4n) is 0.596. The second-order valence-corrected chi connectivity index (χ2v) is 1.74. The van der Waals surface area contributed by atoms with E-state index >= 15 is 0 Å². The van der Waals surface area contributed by atoms with Crippen LogP contribution in [0.25, 0.3) is 0 Å². The second-order valence-electron chi connectivity index (χ2n) is 1.74. The molecular weight excluding hydrogens is 120 g/mol. The van der Waals surface area contributed by atoms with Crippen LogP contribution >= 0.6 is 0 Å². The summed E-state index contributed by atoms with van der Waals surface area (Å²) < 4.78 is 0. The Labute approximate surface area is 52.6 Å². The van der Waals surface area contributed by atoms with E-state index in [9.17, 15) is 9.59 Å². The van der Waals surface area contributed by atoms with Crippen LogP contribution in [0.2, 0.25) is 0 Å². The Morgan fingerprint density at radius 2 is 2.22 bits per heavy atom. The summed E-state index contributed by atoms with van der Waals surface area (Å²) in [5.74, 6) is -0.315. The highest BCUT2D eigenvalue weighted by Crippen LogP contribution is 1.88. The molecule has 0 spiro atoms. The zero-order valence-electron chi connectivity index (χ0n) is 4.81. The third-order valence-electron chi connectivity index (χ3n) is 0.996. The average molecular weight is 127 g/mol. The third kappa shape index (κ3) is 1.71. The predicted octanol–water partition coefficient (Wildman–Crippen LogP) is -0.580. The SMILES string of the molecule is O=C1[CH]CCNC(=O)N1. The van der Waals surface area contributed by atoms with Gasteiger partial charge in [0.25, 0.3) is 0 Å². The minimum atomic E-state index is -0.409. The first-order valence-electron chi connectivity index (χ1n) is 2.71. The molecule has 2 N–H and O–H groups in total. The smallest absolute Gasteiger partial charge is 0.321 e. The van der Waals surface area contributed by atoms with Gasteiger partial charge in [-0.25, -0.2) is 4.79 Å². The van der Waals surface area contributed by atoms with Gasteiger partial charge < -0.3 is 5.32 Å². The number of carbonyl (C=O) groups is 2. The maximum Gasteiger partial charge on any atom is 0.321 e. The van der Waals surface area contributed by atoms with Crippen LogP contribution in [0.1, 0.15) is 6.42 Å². The summed E-state index contributed by atoms with van der Waals surface area (Å²) >= 11 is 0. The highest BCUT2D eigenvalue weighted by atomic mass is 16.2. The van der Waals surface area contributed by atoms with E-state index in [-0.39, 0.29) is 5.91 Å². The minimum absolute atomic E-state index is 0.315. The molecule has 9 heavy (non-hydrogen) atoms. The van der Waals surface area contributed by atoms with Crippen molar-refractivity contribution in [2.45, 2.75) is 6.42 Å². The molecule has 4 heteroatoms. The number of hydrogen-bond donors (Lipinski definition) is 2. The quantitative estimate of drug-likeness (QED) is 0.457. The number of nitrogens with one attached hydrogen (secondary N) is 2. The number of rotatable bonds is 0. The van der Waals surface area contributed by atoms with E-state index < -0.39 is 6.03 Å². The maximum atomic E-state index is 10.5. The molecule has 49 valence electrons. The highest BCUT2D eigenvalue weighted by molar-refractivity contribution is 5.99. The Bertz CT molecular complexity index is 128. The molecule has 4 nitrogen and oxygen atoms in total. The summed E-state index contributed by atoms with van der Waals surface area (Å²) in [6, 6.07) is -0.409. The lowest BCUT2D eigenvalue weighted by Gasteiger charge is -1.95. The van der Waals surface area contributed by atoms with Crippen molar-refractivity contribution in [1.82, 2.24) is 10.6 Å². The summed E-state index contributed by atoms with van der Waals surface area (Å²) in [6.45, 7) is 0.539. The lowest BCUT2D eigenvalue weighted by Crippen LogP contribution is -2.36. The van der Waals surface area contributed by atoms with Crippen molar-refractivity contribution in [3.8, 4) is 0 Å². The van der Waals surface area contributed by atoms with Crippen LogP contribution in [-0.2, 0) is 4.79 Å². The van der Waals surface area contributed by atoms with Gasteiger partial charge in [0.2, 0.25) is 5.91 Å². The van der Waals surface area contributed by atoms with Gasteiger partial charge in [-0.3, -0.25) is 10.1 Å². The average Bonchev–Trinajstić information content (AvgIpc) is 1.93. The first-order valence-corrected chi connectivity index (χ1v) is 2.71.